The van der Waals surface area contributed by atoms with Crippen LogP contribution in [-0.4, -0.2) is 22.1 Å². The molecule has 1 heterocycles. The van der Waals surface area contributed by atoms with E-state index in [0.29, 0.717) is 39.6 Å². The van der Waals surface area contributed by atoms with Gasteiger partial charge in [0.2, 0.25) is 5.89 Å². The van der Waals surface area contributed by atoms with Crippen LogP contribution in [0.25, 0.3) is 22.6 Å². The van der Waals surface area contributed by atoms with E-state index in [1.165, 1.54) is 12.1 Å². The summed E-state index contributed by atoms with van der Waals surface area (Å²) >= 11 is 5.28. The quantitative estimate of drug-likeness (QED) is 0.345. The molecule has 0 aliphatic carbocycles. The van der Waals surface area contributed by atoms with Crippen molar-refractivity contribution in [2.75, 3.05) is 5.32 Å². The number of nitrogens with zero attached hydrogens (tertiary/aromatic N) is 1. The topological polar surface area (TPSA) is 76.4 Å². The number of anilines is 1. The SMILES string of the molecule is CC[C@H](C)Oc1ccc(C(=O)NC(=S)Nc2ccc3oc(-c4ccc(F)cc4)nc3c2)cc1. The maximum atomic E-state index is 13.1. The first-order chi connectivity index (χ1) is 15.9. The molecule has 0 aliphatic heterocycles. The summed E-state index contributed by atoms with van der Waals surface area (Å²) in [7, 11) is 0. The number of benzene rings is 3. The molecular formula is C25H22FN3O3S. The Morgan fingerprint density at radius 3 is 2.55 bits per heavy atom. The second-order valence-electron chi connectivity index (χ2n) is 7.48. The van der Waals surface area contributed by atoms with Gasteiger partial charge in [0.15, 0.2) is 10.7 Å². The van der Waals surface area contributed by atoms with Crippen molar-refractivity contribution in [3.05, 3.63) is 78.1 Å². The molecule has 6 nitrogen and oxygen atoms in total. The number of carbonyl (C=O) groups excluding carboxylic acids is 1. The Labute approximate surface area is 195 Å². The first kappa shape index (κ1) is 22.4. The van der Waals surface area contributed by atoms with Gasteiger partial charge in [0.1, 0.15) is 17.1 Å². The zero-order valence-electron chi connectivity index (χ0n) is 18.1. The average Bonchev–Trinajstić information content (AvgIpc) is 3.23. The number of ether oxygens (including phenoxy) is 1. The number of fused-ring (bicyclic) bond motifs is 1. The molecule has 0 radical (unpaired) electrons. The monoisotopic (exact) mass is 463 g/mol. The summed E-state index contributed by atoms with van der Waals surface area (Å²) in [6, 6.07) is 18.1. The van der Waals surface area contributed by atoms with Crippen LogP contribution in [0.4, 0.5) is 10.1 Å². The van der Waals surface area contributed by atoms with Gasteiger partial charge in [-0.05, 0) is 92.3 Å². The minimum atomic E-state index is -0.330. The van der Waals surface area contributed by atoms with Crippen molar-refractivity contribution in [3.63, 3.8) is 0 Å². The van der Waals surface area contributed by atoms with E-state index >= 15 is 0 Å². The lowest BCUT2D eigenvalue weighted by Gasteiger charge is -2.13. The summed E-state index contributed by atoms with van der Waals surface area (Å²) in [5.41, 5.74) is 2.96. The van der Waals surface area contributed by atoms with Crippen molar-refractivity contribution in [1.29, 1.82) is 0 Å². The molecule has 4 rings (SSSR count). The lowest BCUT2D eigenvalue weighted by Crippen LogP contribution is -2.34. The minimum absolute atomic E-state index is 0.107. The Bertz CT molecular complexity index is 1290. The van der Waals surface area contributed by atoms with Gasteiger partial charge in [-0.25, -0.2) is 9.37 Å². The molecule has 33 heavy (non-hydrogen) atoms. The highest BCUT2D eigenvalue weighted by molar-refractivity contribution is 7.80. The fourth-order valence-electron chi connectivity index (χ4n) is 3.06. The van der Waals surface area contributed by atoms with Gasteiger partial charge in [-0.1, -0.05) is 6.92 Å². The summed E-state index contributed by atoms with van der Waals surface area (Å²) < 4.78 is 24.6. The van der Waals surface area contributed by atoms with Crippen molar-refractivity contribution in [2.24, 2.45) is 0 Å². The Morgan fingerprint density at radius 1 is 1.12 bits per heavy atom. The van der Waals surface area contributed by atoms with Crippen LogP contribution in [0.15, 0.2) is 71.1 Å². The van der Waals surface area contributed by atoms with Gasteiger partial charge in [-0.2, -0.15) is 0 Å². The molecule has 2 N–H and O–H groups in total. The first-order valence-corrected chi connectivity index (χ1v) is 10.9. The Hall–Kier alpha value is -3.78. The number of aromatic nitrogens is 1. The number of amides is 1. The van der Waals surface area contributed by atoms with Crippen molar-refractivity contribution in [2.45, 2.75) is 26.4 Å². The molecule has 0 fully saturated rings. The third kappa shape index (κ3) is 5.53. The molecule has 1 atom stereocenters. The van der Waals surface area contributed by atoms with Crippen molar-refractivity contribution >= 4 is 40.0 Å². The smallest absolute Gasteiger partial charge is 0.257 e. The molecule has 0 saturated heterocycles. The van der Waals surface area contributed by atoms with Crippen molar-refractivity contribution < 1.29 is 18.3 Å². The Balaban J connectivity index is 1.40. The molecule has 0 spiro atoms. The molecule has 1 amide bonds. The fourth-order valence-corrected chi connectivity index (χ4v) is 3.27. The molecule has 0 unspecified atom stereocenters. The maximum absolute atomic E-state index is 13.1. The standard InChI is InChI=1S/C25H22FN3O3S/c1-3-15(2)31-20-11-6-16(7-12-20)23(30)29-25(33)27-19-10-13-22-21(14-19)28-24(32-22)17-4-8-18(26)9-5-17/h4-15H,3H2,1-2H3,(H2,27,29,30,33)/t15-/m0/s1. The third-order valence-corrected chi connectivity index (χ3v) is 5.20. The molecule has 3 aromatic carbocycles. The van der Waals surface area contributed by atoms with Gasteiger partial charge in [0.25, 0.3) is 5.91 Å². The highest BCUT2D eigenvalue weighted by Crippen LogP contribution is 2.26. The van der Waals surface area contributed by atoms with Gasteiger partial charge in [0.05, 0.1) is 6.10 Å². The number of rotatable bonds is 6. The molecule has 8 heteroatoms. The van der Waals surface area contributed by atoms with E-state index in [9.17, 15) is 9.18 Å². The van der Waals surface area contributed by atoms with Crippen LogP contribution in [0.5, 0.6) is 5.75 Å². The summed E-state index contributed by atoms with van der Waals surface area (Å²) in [4.78, 5) is 17.0. The van der Waals surface area contributed by atoms with Gasteiger partial charge in [-0.15, -0.1) is 0 Å². The van der Waals surface area contributed by atoms with Gasteiger partial charge >= 0.3 is 0 Å². The van der Waals surface area contributed by atoms with E-state index in [-0.39, 0.29) is 22.9 Å². The highest BCUT2D eigenvalue weighted by Gasteiger charge is 2.12. The molecule has 1 aromatic heterocycles. The molecule has 4 aromatic rings. The molecule has 0 saturated carbocycles. The summed E-state index contributed by atoms with van der Waals surface area (Å²) in [6.45, 7) is 4.04. The molecule has 0 bridgehead atoms. The van der Waals surface area contributed by atoms with E-state index in [1.807, 2.05) is 13.8 Å². The van der Waals surface area contributed by atoms with Crippen molar-refractivity contribution in [3.8, 4) is 17.2 Å². The second-order valence-corrected chi connectivity index (χ2v) is 7.89. The van der Waals surface area contributed by atoms with Crippen LogP contribution in [-0.2, 0) is 0 Å². The lowest BCUT2D eigenvalue weighted by molar-refractivity contribution is 0.0977. The van der Waals surface area contributed by atoms with E-state index in [2.05, 4.69) is 15.6 Å². The minimum Gasteiger partial charge on any atom is -0.491 e. The normalized spacial score (nSPS) is 11.7. The fraction of sp³-hybridized carbons (Fsp3) is 0.160. The summed E-state index contributed by atoms with van der Waals surface area (Å²) in [6.07, 6.45) is 1.01. The largest absolute Gasteiger partial charge is 0.491 e. The van der Waals surface area contributed by atoms with Crippen LogP contribution < -0.4 is 15.4 Å². The van der Waals surface area contributed by atoms with Crippen LogP contribution in [0.1, 0.15) is 30.6 Å². The predicted molar refractivity (Wildman–Crippen MR) is 130 cm³/mol. The predicted octanol–water partition coefficient (Wildman–Crippen LogP) is 5.94. The summed E-state index contributed by atoms with van der Waals surface area (Å²) in [5.74, 6) is 0.442. The van der Waals surface area contributed by atoms with E-state index < -0.39 is 0 Å². The van der Waals surface area contributed by atoms with E-state index in [1.54, 1.807) is 54.6 Å². The van der Waals surface area contributed by atoms with Gasteiger partial charge < -0.3 is 14.5 Å². The third-order valence-electron chi connectivity index (χ3n) is 4.99. The number of oxazole rings is 1. The average molecular weight is 464 g/mol. The molecule has 0 aliphatic rings. The van der Waals surface area contributed by atoms with Crippen LogP contribution >= 0.6 is 12.2 Å². The Kier molecular flexibility index (Phi) is 6.65. The van der Waals surface area contributed by atoms with Crippen LogP contribution in [0, 0.1) is 5.82 Å². The van der Waals surface area contributed by atoms with E-state index in [0.717, 1.165) is 6.42 Å². The Morgan fingerprint density at radius 2 is 1.85 bits per heavy atom. The number of hydrogen-bond donors (Lipinski definition) is 2. The number of nitrogens with one attached hydrogen (secondary N) is 2. The lowest BCUT2D eigenvalue weighted by atomic mass is 10.2. The number of carbonyl (C=O) groups is 1. The number of halogens is 1. The first-order valence-electron chi connectivity index (χ1n) is 10.5. The number of thiocarbonyl (C=S) groups is 1. The van der Waals surface area contributed by atoms with Crippen LogP contribution in [0.2, 0.25) is 0 Å². The molecular weight excluding hydrogens is 441 g/mol. The highest BCUT2D eigenvalue weighted by atomic mass is 32.1. The number of hydrogen-bond acceptors (Lipinski definition) is 5. The van der Waals surface area contributed by atoms with Crippen molar-refractivity contribution in [1.82, 2.24) is 10.3 Å². The van der Waals surface area contributed by atoms with Gasteiger partial charge in [-0.3, -0.25) is 10.1 Å². The van der Waals surface area contributed by atoms with Gasteiger partial charge in [0, 0.05) is 16.8 Å². The van der Waals surface area contributed by atoms with E-state index in [4.69, 9.17) is 21.4 Å². The zero-order chi connectivity index (χ0) is 23.4. The van der Waals surface area contributed by atoms with Crippen LogP contribution in [0.3, 0.4) is 0 Å². The second kappa shape index (κ2) is 9.79. The summed E-state index contributed by atoms with van der Waals surface area (Å²) in [5, 5.41) is 5.80. The zero-order valence-corrected chi connectivity index (χ0v) is 18.9. The maximum Gasteiger partial charge on any atom is 0.257 e. The molecule has 168 valence electrons.